The Labute approximate surface area is 111 Å². The van der Waals surface area contributed by atoms with Crippen molar-refractivity contribution in [3.8, 4) is 11.1 Å². The predicted molar refractivity (Wildman–Crippen MR) is 76.9 cm³/mol. The fourth-order valence-electron chi connectivity index (χ4n) is 1.90. The molecule has 0 fully saturated rings. The van der Waals surface area contributed by atoms with Crippen LogP contribution in [0.2, 0.25) is 5.02 Å². The molecule has 0 aliphatic rings. The number of halogens is 1. The third-order valence-corrected chi connectivity index (χ3v) is 3.84. The zero-order chi connectivity index (χ0) is 12.3. The monoisotopic (exact) mass is 265 g/mol. The number of thiophene rings is 1. The van der Waals surface area contributed by atoms with Gasteiger partial charge in [-0.2, -0.15) is 11.3 Å². The molecular formula is C14H16ClNS. The second kappa shape index (κ2) is 5.67. The Morgan fingerprint density at radius 1 is 1.29 bits per heavy atom. The molecular weight excluding hydrogens is 250 g/mol. The van der Waals surface area contributed by atoms with Crippen LogP contribution in [0.3, 0.4) is 0 Å². The number of nitrogens with one attached hydrogen (secondary N) is 1. The van der Waals surface area contributed by atoms with E-state index in [2.05, 4.69) is 48.1 Å². The highest BCUT2D eigenvalue weighted by molar-refractivity contribution is 7.08. The maximum atomic E-state index is 6.34. The zero-order valence-corrected chi connectivity index (χ0v) is 11.6. The van der Waals surface area contributed by atoms with Gasteiger partial charge in [0, 0.05) is 11.1 Å². The van der Waals surface area contributed by atoms with Gasteiger partial charge >= 0.3 is 0 Å². The first-order valence-electron chi connectivity index (χ1n) is 5.77. The van der Waals surface area contributed by atoms with Gasteiger partial charge in [0.1, 0.15) is 0 Å². The molecule has 0 saturated heterocycles. The van der Waals surface area contributed by atoms with E-state index in [0.29, 0.717) is 6.04 Å². The number of hydrogen-bond donors (Lipinski definition) is 1. The molecule has 1 atom stereocenters. The summed E-state index contributed by atoms with van der Waals surface area (Å²) in [7, 11) is 0. The van der Waals surface area contributed by atoms with Gasteiger partial charge in [0.2, 0.25) is 0 Å². The average Bonchev–Trinajstić information content (AvgIpc) is 2.82. The molecule has 2 rings (SSSR count). The lowest BCUT2D eigenvalue weighted by Crippen LogP contribution is -2.17. The van der Waals surface area contributed by atoms with Crippen LogP contribution in [0.1, 0.15) is 25.5 Å². The van der Waals surface area contributed by atoms with Crippen molar-refractivity contribution in [3.05, 3.63) is 45.6 Å². The lowest BCUT2D eigenvalue weighted by molar-refractivity contribution is 0.598. The molecule has 0 spiro atoms. The van der Waals surface area contributed by atoms with E-state index in [0.717, 1.165) is 17.1 Å². The fourth-order valence-corrected chi connectivity index (χ4v) is 2.91. The molecule has 0 saturated carbocycles. The molecule has 0 radical (unpaired) electrons. The van der Waals surface area contributed by atoms with Crippen molar-refractivity contribution >= 4 is 22.9 Å². The minimum Gasteiger partial charge on any atom is -0.310 e. The van der Waals surface area contributed by atoms with Gasteiger partial charge in [-0.15, -0.1) is 0 Å². The van der Waals surface area contributed by atoms with Crippen LogP contribution in [0, 0.1) is 0 Å². The van der Waals surface area contributed by atoms with E-state index in [-0.39, 0.29) is 0 Å². The van der Waals surface area contributed by atoms with Crippen LogP contribution in [0.5, 0.6) is 0 Å². The highest BCUT2D eigenvalue weighted by Crippen LogP contribution is 2.29. The highest BCUT2D eigenvalue weighted by atomic mass is 35.5. The summed E-state index contributed by atoms with van der Waals surface area (Å²) < 4.78 is 0. The molecule has 1 heterocycles. The fraction of sp³-hybridized carbons (Fsp3) is 0.286. The molecule has 1 aromatic heterocycles. The van der Waals surface area contributed by atoms with Crippen LogP contribution in [0.25, 0.3) is 11.1 Å². The van der Waals surface area contributed by atoms with Crippen molar-refractivity contribution in [3.63, 3.8) is 0 Å². The van der Waals surface area contributed by atoms with Crippen LogP contribution < -0.4 is 5.32 Å². The van der Waals surface area contributed by atoms with Gasteiger partial charge in [-0.05, 0) is 53.1 Å². The van der Waals surface area contributed by atoms with Gasteiger partial charge in [0.05, 0.1) is 0 Å². The topological polar surface area (TPSA) is 12.0 Å². The van der Waals surface area contributed by atoms with E-state index in [1.165, 1.54) is 11.1 Å². The summed E-state index contributed by atoms with van der Waals surface area (Å²) >= 11 is 8.04. The summed E-state index contributed by atoms with van der Waals surface area (Å²) in [6.45, 7) is 5.18. The largest absolute Gasteiger partial charge is 0.310 e. The lowest BCUT2D eigenvalue weighted by atomic mass is 10.0. The Balaban J connectivity index is 2.29. The normalized spacial score (nSPS) is 12.6. The van der Waals surface area contributed by atoms with Crippen LogP contribution in [0.15, 0.2) is 35.0 Å². The molecule has 0 bridgehead atoms. The summed E-state index contributed by atoms with van der Waals surface area (Å²) in [4.78, 5) is 0. The smallest absolute Gasteiger partial charge is 0.0459 e. The Hall–Kier alpha value is -0.830. The van der Waals surface area contributed by atoms with Crippen molar-refractivity contribution in [1.29, 1.82) is 0 Å². The first kappa shape index (κ1) is 12.6. The van der Waals surface area contributed by atoms with Crippen molar-refractivity contribution in [1.82, 2.24) is 5.32 Å². The van der Waals surface area contributed by atoms with Gasteiger partial charge in [0.25, 0.3) is 0 Å². The first-order chi connectivity index (χ1) is 8.22. The second-order valence-electron chi connectivity index (χ2n) is 4.03. The number of rotatable bonds is 4. The Bertz CT molecular complexity index is 479. The summed E-state index contributed by atoms with van der Waals surface area (Å²) in [5, 5.41) is 8.43. The molecule has 0 amide bonds. The summed E-state index contributed by atoms with van der Waals surface area (Å²) in [6, 6.07) is 8.71. The molecule has 1 N–H and O–H groups in total. The Morgan fingerprint density at radius 3 is 2.71 bits per heavy atom. The van der Waals surface area contributed by atoms with Gasteiger partial charge in [-0.1, -0.05) is 30.7 Å². The minimum atomic E-state index is 0.295. The molecule has 1 nitrogen and oxygen atoms in total. The summed E-state index contributed by atoms with van der Waals surface area (Å²) in [5.41, 5.74) is 3.58. The third kappa shape index (κ3) is 2.89. The zero-order valence-electron chi connectivity index (χ0n) is 10.0. The van der Waals surface area contributed by atoms with Gasteiger partial charge in [0.15, 0.2) is 0 Å². The first-order valence-corrected chi connectivity index (χ1v) is 7.10. The third-order valence-electron chi connectivity index (χ3n) is 2.83. The van der Waals surface area contributed by atoms with Crippen LogP contribution in [-0.2, 0) is 0 Å². The molecule has 0 aliphatic carbocycles. The van der Waals surface area contributed by atoms with Crippen LogP contribution in [0.4, 0.5) is 0 Å². The van der Waals surface area contributed by atoms with Crippen molar-refractivity contribution in [2.24, 2.45) is 0 Å². The molecule has 1 unspecified atom stereocenters. The summed E-state index contributed by atoms with van der Waals surface area (Å²) in [6.07, 6.45) is 0. The lowest BCUT2D eigenvalue weighted by Gasteiger charge is -2.15. The van der Waals surface area contributed by atoms with E-state index in [9.17, 15) is 0 Å². The Kier molecular flexibility index (Phi) is 4.21. The van der Waals surface area contributed by atoms with E-state index >= 15 is 0 Å². The van der Waals surface area contributed by atoms with Crippen LogP contribution >= 0.6 is 22.9 Å². The molecule has 0 aliphatic heterocycles. The predicted octanol–water partition coefficient (Wildman–Crippen LogP) is 4.74. The molecule has 17 heavy (non-hydrogen) atoms. The van der Waals surface area contributed by atoms with E-state index in [1.807, 2.05) is 6.07 Å². The van der Waals surface area contributed by atoms with Crippen molar-refractivity contribution in [2.45, 2.75) is 19.9 Å². The molecule has 90 valence electrons. The highest BCUT2D eigenvalue weighted by Gasteiger charge is 2.09. The second-order valence-corrected chi connectivity index (χ2v) is 5.21. The summed E-state index contributed by atoms with van der Waals surface area (Å²) in [5.74, 6) is 0. The van der Waals surface area contributed by atoms with Gasteiger partial charge in [-0.25, -0.2) is 0 Å². The maximum Gasteiger partial charge on any atom is 0.0459 e. The van der Waals surface area contributed by atoms with Gasteiger partial charge in [-0.3, -0.25) is 0 Å². The Morgan fingerprint density at radius 2 is 2.12 bits per heavy atom. The van der Waals surface area contributed by atoms with Crippen LogP contribution in [-0.4, -0.2) is 6.54 Å². The quantitative estimate of drug-likeness (QED) is 0.842. The standard InChI is InChI=1S/C14H16ClNS/c1-3-16-10(2)13-5-4-11(8-14(13)15)12-6-7-17-9-12/h4-10,16H,3H2,1-2H3. The molecule has 3 heteroatoms. The van der Waals surface area contributed by atoms with E-state index < -0.39 is 0 Å². The minimum absolute atomic E-state index is 0.295. The SMILES string of the molecule is CCNC(C)c1ccc(-c2ccsc2)cc1Cl. The van der Waals surface area contributed by atoms with Gasteiger partial charge < -0.3 is 5.32 Å². The average molecular weight is 266 g/mol. The van der Waals surface area contributed by atoms with Crippen molar-refractivity contribution in [2.75, 3.05) is 6.54 Å². The maximum absolute atomic E-state index is 6.34. The van der Waals surface area contributed by atoms with E-state index in [1.54, 1.807) is 11.3 Å². The molecule has 1 aromatic carbocycles. The molecule has 2 aromatic rings. The van der Waals surface area contributed by atoms with Crippen molar-refractivity contribution < 1.29 is 0 Å². The van der Waals surface area contributed by atoms with E-state index in [4.69, 9.17) is 11.6 Å². The number of benzene rings is 1. The number of hydrogen-bond acceptors (Lipinski definition) is 2.